The van der Waals surface area contributed by atoms with Crippen molar-refractivity contribution in [3.8, 4) is 0 Å². The Hall–Kier alpha value is -0.610. The van der Waals surface area contributed by atoms with Crippen molar-refractivity contribution < 1.29 is 19.4 Å². The molecule has 82 valence electrons. The average Bonchev–Trinajstić information content (AvgIpc) is 2.46. The highest BCUT2D eigenvalue weighted by Crippen LogP contribution is 2.35. The summed E-state index contributed by atoms with van der Waals surface area (Å²) in [5.74, 6) is 0.550. The minimum Gasteiger partial charge on any atom is -0.438 e. The minimum atomic E-state index is -0.457. The second-order valence-corrected chi connectivity index (χ2v) is 4.08. The molecule has 0 bridgehead atoms. The maximum Gasteiger partial charge on any atom is 0.295 e. The second kappa shape index (κ2) is 4.75. The Morgan fingerprint density at radius 2 is 2.14 bits per heavy atom. The highest BCUT2D eigenvalue weighted by atomic mass is 16.7. The smallest absolute Gasteiger partial charge is 0.295 e. The van der Waals surface area contributed by atoms with Crippen molar-refractivity contribution in [1.82, 2.24) is 0 Å². The Morgan fingerprint density at radius 1 is 1.50 bits per heavy atom. The zero-order chi connectivity index (χ0) is 10.7. The van der Waals surface area contributed by atoms with Crippen molar-refractivity contribution in [3.63, 3.8) is 0 Å². The molecule has 1 aliphatic heterocycles. The first-order valence-electron chi connectivity index (χ1n) is 4.97. The maximum atomic E-state index is 10.2. The van der Waals surface area contributed by atoms with E-state index in [1.165, 1.54) is 0 Å². The first-order valence-corrected chi connectivity index (χ1v) is 4.97. The van der Waals surface area contributed by atoms with Gasteiger partial charge in [0.1, 0.15) is 0 Å². The second-order valence-electron chi connectivity index (χ2n) is 4.08. The van der Waals surface area contributed by atoms with Gasteiger partial charge in [0.2, 0.25) is 6.29 Å². The van der Waals surface area contributed by atoms with Gasteiger partial charge >= 0.3 is 0 Å². The number of hydrogen-bond donors (Lipinski definition) is 1. The summed E-state index contributed by atoms with van der Waals surface area (Å²) >= 11 is 0. The van der Waals surface area contributed by atoms with Crippen LogP contribution in [0, 0.1) is 17.8 Å². The Balaban J connectivity index is 2.61. The van der Waals surface area contributed by atoms with Crippen molar-refractivity contribution in [2.75, 3.05) is 6.61 Å². The molecule has 0 aromatic heterocycles. The molecule has 1 heterocycles. The van der Waals surface area contributed by atoms with Gasteiger partial charge in [0.25, 0.3) is 6.47 Å². The quantitative estimate of drug-likeness (QED) is 0.685. The van der Waals surface area contributed by atoms with Crippen molar-refractivity contribution in [2.45, 2.75) is 33.2 Å². The van der Waals surface area contributed by atoms with E-state index in [-0.39, 0.29) is 24.5 Å². The number of ether oxygens (including phenoxy) is 2. The summed E-state index contributed by atoms with van der Waals surface area (Å²) in [5.41, 5.74) is 0. The predicted molar refractivity (Wildman–Crippen MR) is 50.4 cm³/mol. The molecule has 1 saturated heterocycles. The van der Waals surface area contributed by atoms with Crippen LogP contribution < -0.4 is 0 Å². The van der Waals surface area contributed by atoms with E-state index in [9.17, 15) is 4.79 Å². The lowest BCUT2D eigenvalue weighted by atomic mass is 9.87. The minimum absolute atomic E-state index is 0.0278. The van der Waals surface area contributed by atoms with Crippen LogP contribution in [0.3, 0.4) is 0 Å². The van der Waals surface area contributed by atoms with Gasteiger partial charge in [-0.15, -0.1) is 0 Å². The van der Waals surface area contributed by atoms with Crippen molar-refractivity contribution in [2.24, 2.45) is 17.8 Å². The normalized spacial score (nSPS) is 39.4. The molecule has 5 atom stereocenters. The molecule has 0 aromatic carbocycles. The van der Waals surface area contributed by atoms with E-state index in [2.05, 4.69) is 6.92 Å². The van der Waals surface area contributed by atoms with Gasteiger partial charge in [-0.1, -0.05) is 20.8 Å². The fourth-order valence-corrected chi connectivity index (χ4v) is 1.92. The molecule has 4 nitrogen and oxygen atoms in total. The average molecular weight is 202 g/mol. The van der Waals surface area contributed by atoms with Gasteiger partial charge in [-0.3, -0.25) is 4.79 Å². The molecule has 0 spiro atoms. The zero-order valence-corrected chi connectivity index (χ0v) is 8.84. The Labute approximate surface area is 84.2 Å². The third-order valence-electron chi connectivity index (χ3n) is 3.11. The third kappa shape index (κ3) is 2.07. The molecular weight excluding hydrogens is 184 g/mol. The van der Waals surface area contributed by atoms with Crippen molar-refractivity contribution in [1.29, 1.82) is 0 Å². The van der Waals surface area contributed by atoms with Crippen LogP contribution in [-0.2, 0) is 14.3 Å². The standard InChI is InChI=1S/C10H18O4/c1-6(4-11)9-7(2)8(3)10(14-9)13-5-12/h5-11H,4H2,1-3H3/t6-,7+,8+,9-,10-/m1/s1. The Bertz CT molecular complexity index is 195. The van der Waals surface area contributed by atoms with Gasteiger partial charge in [0.05, 0.1) is 6.10 Å². The molecule has 14 heavy (non-hydrogen) atoms. The molecule has 1 N–H and O–H groups in total. The topological polar surface area (TPSA) is 55.8 Å². The molecule has 0 radical (unpaired) electrons. The summed E-state index contributed by atoms with van der Waals surface area (Å²) in [6, 6.07) is 0. The highest BCUT2D eigenvalue weighted by molar-refractivity contribution is 5.37. The zero-order valence-electron chi connectivity index (χ0n) is 8.84. The summed E-state index contributed by atoms with van der Waals surface area (Å²) in [6.07, 6.45) is -0.485. The van der Waals surface area contributed by atoms with Crippen molar-refractivity contribution in [3.05, 3.63) is 0 Å². The monoisotopic (exact) mass is 202 g/mol. The SMILES string of the molecule is C[C@@H]1[C@H](OC=O)O[C@H]([C@H](C)CO)[C@H]1C. The molecule has 1 aliphatic rings. The highest BCUT2D eigenvalue weighted by Gasteiger charge is 2.42. The molecule has 0 unspecified atom stereocenters. The van der Waals surface area contributed by atoms with Gasteiger partial charge < -0.3 is 14.6 Å². The van der Waals surface area contributed by atoms with Crippen LogP contribution in [0.1, 0.15) is 20.8 Å². The van der Waals surface area contributed by atoms with Gasteiger partial charge in [0, 0.05) is 18.4 Å². The largest absolute Gasteiger partial charge is 0.438 e. The van der Waals surface area contributed by atoms with Crippen LogP contribution in [0.4, 0.5) is 0 Å². The van der Waals surface area contributed by atoms with Gasteiger partial charge in [-0.05, 0) is 5.92 Å². The summed E-state index contributed by atoms with van der Waals surface area (Å²) in [4.78, 5) is 10.2. The molecule has 0 aromatic rings. The van der Waals surface area contributed by atoms with Crippen molar-refractivity contribution >= 4 is 6.47 Å². The van der Waals surface area contributed by atoms with E-state index in [0.29, 0.717) is 12.4 Å². The summed E-state index contributed by atoms with van der Waals surface area (Å²) in [5, 5.41) is 9.03. The maximum absolute atomic E-state index is 10.2. The number of hydrogen-bond acceptors (Lipinski definition) is 4. The van der Waals surface area contributed by atoms with E-state index in [0.717, 1.165) is 0 Å². The number of aliphatic hydroxyl groups is 1. The molecule has 1 rings (SSSR count). The third-order valence-corrected chi connectivity index (χ3v) is 3.11. The van der Waals surface area contributed by atoms with Crippen LogP contribution in [0.15, 0.2) is 0 Å². The van der Waals surface area contributed by atoms with E-state index < -0.39 is 6.29 Å². The predicted octanol–water partition coefficient (Wildman–Crippen LogP) is 0.785. The first kappa shape index (κ1) is 11.5. The lowest BCUT2D eigenvalue weighted by Crippen LogP contribution is -2.26. The molecular formula is C10H18O4. The van der Waals surface area contributed by atoms with E-state index >= 15 is 0 Å². The van der Waals surface area contributed by atoms with Crippen LogP contribution >= 0.6 is 0 Å². The summed E-state index contributed by atoms with van der Waals surface area (Å²) in [7, 11) is 0. The number of carbonyl (C=O) groups excluding carboxylic acids is 1. The van der Waals surface area contributed by atoms with Gasteiger partial charge in [-0.2, -0.15) is 0 Å². The molecule has 0 amide bonds. The van der Waals surface area contributed by atoms with Gasteiger partial charge in [-0.25, -0.2) is 0 Å². The fraction of sp³-hybridized carbons (Fsp3) is 0.900. The van der Waals surface area contributed by atoms with Crippen LogP contribution in [0.5, 0.6) is 0 Å². The fourth-order valence-electron chi connectivity index (χ4n) is 1.92. The summed E-state index contributed by atoms with van der Waals surface area (Å²) < 4.78 is 10.4. The molecule has 0 saturated carbocycles. The van der Waals surface area contributed by atoms with Gasteiger partial charge in [0.15, 0.2) is 0 Å². The first-order chi connectivity index (χ1) is 6.61. The number of rotatable bonds is 4. The van der Waals surface area contributed by atoms with E-state index in [4.69, 9.17) is 14.6 Å². The number of aliphatic hydroxyl groups excluding tert-OH is 1. The lowest BCUT2D eigenvalue weighted by Gasteiger charge is -2.20. The van der Waals surface area contributed by atoms with E-state index in [1.807, 2.05) is 13.8 Å². The summed E-state index contributed by atoms with van der Waals surface area (Å²) in [6.45, 7) is 6.48. The van der Waals surface area contributed by atoms with E-state index in [1.54, 1.807) is 0 Å². The lowest BCUT2D eigenvalue weighted by molar-refractivity contribution is -0.169. The molecule has 4 heteroatoms. The molecule has 1 fully saturated rings. The number of carbonyl (C=O) groups is 1. The Morgan fingerprint density at radius 3 is 2.64 bits per heavy atom. The molecule has 0 aliphatic carbocycles. The van der Waals surface area contributed by atoms with Crippen LogP contribution in [-0.4, -0.2) is 30.6 Å². The van der Waals surface area contributed by atoms with Crippen LogP contribution in [0.25, 0.3) is 0 Å². The Kier molecular flexibility index (Phi) is 3.89. The van der Waals surface area contributed by atoms with Crippen LogP contribution in [0.2, 0.25) is 0 Å².